The summed E-state index contributed by atoms with van der Waals surface area (Å²) in [5.74, 6) is 0.808. The average molecular weight is 467 g/mol. The standard InChI is InChI=1S/C20H19BrO8/c1-24-10-7-6-9(8-11(10)25-2)16-19(27-4)14(22)12-15(23)20(28-5)18(26-3)13(21)17(12)29-16/h6-8,23H,1-5H3. The maximum Gasteiger partial charge on any atom is 0.239 e. The SMILES string of the molecule is COc1ccc(-c2oc3c(Br)c(OC)c(OC)c(O)c3c(=O)c2OC)cc1OC. The fourth-order valence-corrected chi connectivity index (χ4v) is 3.66. The first-order valence-electron chi connectivity index (χ1n) is 8.32. The first kappa shape index (κ1) is 20.7. The van der Waals surface area contributed by atoms with Gasteiger partial charge in [-0.15, -0.1) is 0 Å². The van der Waals surface area contributed by atoms with E-state index in [9.17, 15) is 9.90 Å². The Morgan fingerprint density at radius 1 is 0.862 bits per heavy atom. The topological polar surface area (TPSA) is 96.6 Å². The van der Waals surface area contributed by atoms with Gasteiger partial charge in [-0.25, -0.2) is 0 Å². The second kappa shape index (κ2) is 8.12. The summed E-state index contributed by atoms with van der Waals surface area (Å²) < 4.78 is 32.7. The van der Waals surface area contributed by atoms with Crippen LogP contribution in [0.25, 0.3) is 22.3 Å². The van der Waals surface area contributed by atoms with Gasteiger partial charge in [-0.3, -0.25) is 4.79 Å². The van der Waals surface area contributed by atoms with Crippen LogP contribution in [0.15, 0.2) is 31.9 Å². The van der Waals surface area contributed by atoms with Crippen LogP contribution in [0.5, 0.6) is 34.5 Å². The van der Waals surface area contributed by atoms with Crippen LogP contribution in [0, 0.1) is 0 Å². The number of hydrogen-bond acceptors (Lipinski definition) is 8. The molecule has 3 rings (SSSR count). The van der Waals surface area contributed by atoms with E-state index in [1.165, 1.54) is 35.5 Å². The van der Waals surface area contributed by atoms with E-state index >= 15 is 0 Å². The lowest BCUT2D eigenvalue weighted by Crippen LogP contribution is -2.09. The Bertz CT molecular complexity index is 1140. The van der Waals surface area contributed by atoms with Crippen molar-refractivity contribution < 1.29 is 33.2 Å². The van der Waals surface area contributed by atoms with Crippen LogP contribution in [0.3, 0.4) is 0 Å². The van der Waals surface area contributed by atoms with E-state index < -0.39 is 11.2 Å². The van der Waals surface area contributed by atoms with Crippen LogP contribution in [-0.2, 0) is 0 Å². The molecule has 0 aliphatic carbocycles. The van der Waals surface area contributed by atoms with Gasteiger partial charge in [-0.05, 0) is 34.1 Å². The number of hydrogen-bond donors (Lipinski definition) is 1. The van der Waals surface area contributed by atoms with Gasteiger partial charge < -0.3 is 33.2 Å². The molecule has 2 aromatic carbocycles. The zero-order valence-corrected chi connectivity index (χ0v) is 18.0. The third kappa shape index (κ3) is 3.21. The zero-order chi connectivity index (χ0) is 21.3. The number of ether oxygens (including phenoxy) is 5. The van der Waals surface area contributed by atoms with Gasteiger partial charge in [0.2, 0.25) is 16.9 Å². The Kier molecular flexibility index (Phi) is 5.78. The van der Waals surface area contributed by atoms with Gasteiger partial charge in [0.05, 0.1) is 35.5 Å². The van der Waals surface area contributed by atoms with Crippen molar-refractivity contribution in [3.8, 4) is 45.8 Å². The predicted molar refractivity (Wildman–Crippen MR) is 110 cm³/mol. The van der Waals surface area contributed by atoms with Gasteiger partial charge in [-0.1, -0.05) is 0 Å². The molecule has 9 heteroatoms. The number of phenolic OH excluding ortho intramolecular Hbond substituents is 1. The van der Waals surface area contributed by atoms with E-state index in [2.05, 4.69) is 15.9 Å². The molecule has 29 heavy (non-hydrogen) atoms. The highest BCUT2D eigenvalue weighted by Crippen LogP contribution is 2.49. The van der Waals surface area contributed by atoms with Crippen LogP contribution < -0.4 is 29.1 Å². The van der Waals surface area contributed by atoms with Crippen molar-refractivity contribution in [1.29, 1.82) is 0 Å². The average Bonchev–Trinajstić information content (AvgIpc) is 2.74. The van der Waals surface area contributed by atoms with Crippen molar-refractivity contribution in [2.75, 3.05) is 35.5 Å². The molecule has 0 saturated heterocycles. The number of benzene rings is 2. The van der Waals surface area contributed by atoms with Crippen molar-refractivity contribution >= 4 is 26.9 Å². The molecule has 0 aliphatic heterocycles. The minimum atomic E-state index is -0.572. The molecule has 0 atom stereocenters. The lowest BCUT2D eigenvalue weighted by Gasteiger charge is -2.16. The number of fused-ring (bicyclic) bond motifs is 1. The highest BCUT2D eigenvalue weighted by Gasteiger charge is 2.27. The minimum absolute atomic E-state index is 0.0000878. The molecule has 8 nitrogen and oxygen atoms in total. The Balaban J connectivity index is 2.44. The highest BCUT2D eigenvalue weighted by atomic mass is 79.9. The maximum atomic E-state index is 13.2. The zero-order valence-electron chi connectivity index (χ0n) is 16.4. The van der Waals surface area contributed by atoms with Crippen LogP contribution >= 0.6 is 15.9 Å². The Hall–Kier alpha value is -3.07. The van der Waals surface area contributed by atoms with E-state index in [0.717, 1.165) is 0 Å². The lowest BCUT2D eigenvalue weighted by atomic mass is 10.1. The number of aromatic hydroxyl groups is 1. The van der Waals surface area contributed by atoms with Gasteiger partial charge in [0.1, 0.15) is 9.86 Å². The molecule has 0 spiro atoms. The second-order valence-corrected chi connectivity index (χ2v) is 6.59. The predicted octanol–water partition coefficient (Wildman–Crippen LogP) is 3.97. The van der Waals surface area contributed by atoms with E-state index in [4.69, 9.17) is 28.1 Å². The minimum Gasteiger partial charge on any atom is -0.504 e. The van der Waals surface area contributed by atoms with Crippen molar-refractivity contribution in [3.63, 3.8) is 0 Å². The molecule has 154 valence electrons. The van der Waals surface area contributed by atoms with E-state index in [1.807, 2.05) is 0 Å². The molecule has 0 fully saturated rings. The van der Waals surface area contributed by atoms with Crippen LogP contribution in [0.4, 0.5) is 0 Å². The molecule has 0 bridgehead atoms. The highest BCUT2D eigenvalue weighted by molar-refractivity contribution is 9.10. The molecular weight excluding hydrogens is 448 g/mol. The molecule has 0 saturated carbocycles. The molecule has 1 N–H and O–H groups in total. The largest absolute Gasteiger partial charge is 0.504 e. The fourth-order valence-electron chi connectivity index (χ4n) is 3.04. The van der Waals surface area contributed by atoms with Gasteiger partial charge in [0, 0.05) is 5.56 Å². The van der Waals surface area contributed by atoms with Gasteiger partial charge in [0.25, 0.3) is 0 Å². The smallest absolute Gasteiger partial charge is 0.239 e. The van der Waals surface area contributed by atoms with Crippen LogP contribution in [0.1, 0.15) is 0 Å². The molecule has 0 unspecified atom stereocenters. The quantitative estimate of drug-likeness (QED) is 0.582. The van der Waals surface area contributed by atoms with Crippen LogP contribution in [0.2, 0.25) is 0 Å². The van der Waals surface area contributed by atoms with Gasteiger partial charge >= 0.3 is 0 Å². The second-order valence-electron chi connectivity index (χ2n) is 5.80. The summed E-state index contributed by atoms with van der Waals surface area (Å²) in [6, 6.07) is 5.03. The molecular formula is C20H19BrO8. The molecule has 0 radical (unpaired) electrons. The summed E-state index contributed by atoms with van der Waals surface area (Å²) in [7, 11) is 7.13. The summed E-state index contributed by atoms with van der Waals surface area (Å²) in [5.41, 5.74) is 0.0214. The van der Waals surface area contributed by atoms with Gasteiger partial charge in [-0.2, -0.15) is 0 Å². The summed E-state index contributed by atoms with van der Waals surface area (Å²) in [5, 5.41) is 10.5. The number of halogens is 1. The maximum absolute atomic E-state index is 13.2. The number of methoxy groups -OCH3 is 5. The van der Waals surface area contributed by atoms with E-state index in [0.29, 0.717) is 21.5 Å². The Morgan fingerprint density at radius 3 is 2.03 bits per heavy atom. The molecule has 0 aliphatic rings. The Labute approximate surface area is 174 Å². The van der Waals surface area contributed by atoms with Gasteiger partial charge in [0.15, 0.2) is 34.3 Å². The summed E-state index contributed by atoms with van der Waals surface area (Å²) in [4.78, 5) is 13.2. The molecule has 1 aromatic heterocycles. The van der Waals surface area contributed by atoms with Crippen molar-refractivity contribution in [2.24, 2.45) is 0 Å². The summed E-state index contributed by atoms with van der Waals surface area (Å²) in [6.07, 6.45) is 0. The third-order valence-electron chi connectivity index (χ3n) is 4.39. The van der Waals surface area contributed by atoms with Crippen molar-refractivity contribution in [3.05, 3.63) is 32.9 Å². The van der Waals surface area contributed by atoms with Crippen molar-refractivity contribution in [2.45, 2.75) is 0 Å². The normalized spacial score (nSPS) is 10.7. The summed E-state index contributed by atoms with van der Waals surface area (Å²) in [6.45, 7) is 0. The first-order valence-corrected chi connectivity index (χ1v) is 9.12. The van der Waals surface area contributed by atoms with Crippen LogP contribution in [-0.4, -0.2) is 40.7 Å². The Morgan fingerprint density at radius 2 is 1.48 bits per heavy atom. The lowest BCUT2D eigenvalue weighted by molar-refractivity contribution is 0.332. The fraction of sp³-hybridized carbons (Fsp3) is 0.250. The number of phenols is 1. The molecule has 3 aromatic rings. The molecule has 0 amide bonds. The van der Waals surface area contributed by atoms with Crippen molar-refractivity contribution in [1.82, 2.24) is 0 Å². The summed E-state index contributed by atoms with van der Waals surface area (Å²) >= 11 is 3.37. The number of rotatable bonds is 6. The first-order chi connectivity index (χ1) is 13.9. The van der Waals surface area contributed by atoms with E-state index in [1.54, 1.807) is 18.2 Å². The third-order valence-corrected chi connectivity index (χ3v) is 5.11. The van der Waals surface area contributed by atoms with E-state index in [-0.39, 0.29) is 34.0 Å². The monoisotopic (exact) mass is 466 g/mol. The molecule has 1 heterocycles.